The highest BCUT2D eigenvalue weighted by Gasteiger charge is 2.03. The number of aryl methyl sites for hydroxylation is 1. The fourth-order valence-corrected chi connectivity index (χ4v) is 2.43. The van der Waals surface area contributed by atoms with Gasteiger partial charge in [-0.05, 0) is 25.0 Å². The number of aromatic nitrogens is 2. The molecular formula is C12H13ClN2S. The summed E-state index contributed by atoms with van der Waals surface area (Å²) < 4.78 is 0. The van der Waals surface area contributed by atoms with Crippen LogP contribution in [0.15, 0.2) is 29.8 Å². The SMILES string of the molecule is ClCCCc1csc(Cc2ccccn2)n1. The lowest BCUT2D eigenvalue weighted by Gasteiger charge is -1.95. The third kappa shape index (κ3) is 3.29. The van der Waals surface area contributed by atoms with E-state index in [0.29, 0.717) is 5.88 Å². The van der Waals surface area contributed by atoms with Gasteiger partial charge in [0.1, 0.15) is 0 Å². The van der Waals surface area contributed by atoms with Crippen LogP contribution in [-0.4, -0.2) is 15.8 Å². The van der Waals surface area contributed by atoms with Gasteiger partial charge < -0.3 is 0 Å². The van der Waals surface area contributed by atoms with Crippen molar-refractivity contribution < 1.29 is 0 Å². The Labute approximate surface area is 104 Å². The van der Waals surface area contributed by atoms with E-state index in [1.165, 1.54) is 0 Å². The average molecular weight is 253 g/mol. The van der Waals surface area contributed by atoms with E-state index in [-0.39, 0.29) is 0 Å². The first-order chi connectivity index (χ1) is 7.88. The van der Waals surface area contributed by atoms with Gasteiger partial charge in [-0.25, -0.2) is 4.98 Å². The summed E-state index contributed by atoms with van der Waals surface area (Å²) in [6, 6.07) is 5.96. The molecule has 0 radical (unpaired) electrons. The molecule has 0 bridgehead atoms. The Hall–Kier alpha value is -0.930. The van der Waals surface area contributed by atoms with Crippen LogP contribution in [0.5, 0.6) is 0 Å². The van der Waals surface area contributed by atoms with Crippen LogP contribution in [0.3, 0.4) is 0 Å². The van der Waals surface area contributed by atoms with Crippen LogP contribution in [-0.2, 0) is 12.8 Å². The maximum absolute atomic E-state index is 5.65. The number of halogens is 1. The second kappa shape index (κ2) is 5.97. The molecule has 0 saturated carbocycles. The number of hydrogen-bond acceptors (Lipinski definition) is 3. The van der Waals surface area contributed by atoms with E-state index in [4.69, 9.17) is 11.6 Å². The largest absolute Gasteiger partial charge is 0.261 e. The van der Waals surface area contributed by atoms with Gasteiger partial charge in [0.15, 0.2) is 0 Å². The molecule has 0 fully saturated rings. The molecule has 2 aromatic heterocycles. The van der Waals surface area contributed by atoms with Crippen molar-refractivity contribution in [3.8, 4) is 0 Å². The molecule has 0 aromatic carbocycles. The molecule has 84 valence electrons. The van der Waals surface area contributed by atoms with Crippen molar-refractivity contribution in [1.29, 1.82) is 0 Å². The molecule has 0 saturated heterocycles. The lowest BCUT2D eigenvalue weighted by molar-refractivity contribution is 0.886. The smallest absolute Gasteiger partial charge is 0.0988 e. The summed E-state index contributed by atoms with van der Waals surface area (Å²) in [7, 11) is 0. The summed E-state index contributed by atoms with van der Waals surface area (Å²) in [5, 5.41) is 3.24. The van der Waals surface area contributed by atoms with Crippen LogP contribution in [0.25, 0.3) is 0 Å². The highest BCUT2D eigenvalue weighted by molar-refractivity contribution is 7.09. The fourth-order valence-electron chi connectivity index (χ4n) is 1.45. The van der Waals surface area contributed by atoms with Gasteiger partial charge >= 0.3 is 0 Å². The summed E-state index contributed by atoms with van der Waals surface area (Å²) >= 11 is 7.35. The fraction of sp³-hybridized carbons (Fsp3) is 0.333. The summed E-state index contributed by atoms with van der Waals surface area (Å²) in [5.41, 5.74) is 2.22. The Balaban J connectivity index is 1.97. The molecule has 0 aliphatic heterocycles. The molecule has 0 N–H and O–H groups in total. The minimum atomic E-state index is 0.701. The van der Waals surface area contributed by atoms with Crippen molar-refractivity contribution in [2.24, 2.45) is 0 Å². The summed E-state index contributed by atoms with van der Waals surface area (Å²) in [6.07, 6.45) is 4.61. The molecule has 0 atom stereocenters. The zero-order valence-corrected chi connectivity index (χ0v) is 10.5. The van der Waals surface area contributed by atoms with E-state index in [9.17, 15) is 0 Å². The first-order valence-electron chi connectivity index (χ1n) is 5.27. The zero-order valence-electron chi connectivity index (χ0n) is 8.90. The van der Waals surface area contributed by atoms with Crippen LogP contribution in [0.1, 0.15) is 22.8 Å². The zero-order chi connectivity index (χ0) is 11.2. The predicted octanol–water partition coefficient (Wildman–Crippen LogP) is 3.30. The standard InChI is InChI=1S/C12H13ClN2S/c13-6-3-5-11-9-16-12(15-11)8-10-4-1-2-7-14-10/h1-2,4,7,9H,3,5-6,8H2. The number of nitrogens with zero attached hydrogens (tertiary/aromatic N) is 2. The number of alkyl halides is 1. The quantitative estimate of drug-likeness (QED) is 0.763. The Morgan fingerprint density at radius 3 is 2.94 bits per heavy atom. The van der Waals surface area contributed by atoms with E-state index < -0.39 is 0 Å². The van der Waals surface area contributed by atoms with Crippen molar-refractivity contribution in [3.63, 3.8) is 0 Å². The van der Waals surface area contributed by atoms with Crippen LogP contribution in [0.2, 0.25) is 0 Å². The second-order valence-electron chi connectivity index (χ2n) is 3.52. The molecule has 0 unspecified atom stereocenters. The van der Waals surface area contributed by atoms with Crippen LogP contribution in [0.4, 0.5) is 0 Å². The summed E-state index contributed by atoms with van der Waals surface area (Å²) in [5.74, 6) is 0.701. The van der Waals surface area contributed by atoms with Gasteiger partial charge in [0, 0.05) is 29.6 Å². The minimum absolute atomic E-state index is 0.701. The van der Waals surface area contributed by atoms with Gasteiger partial charge in [-0.15, -0.1) is 22.9 Å². The molecule has 0 spiro atoms. The average Bonchev–Trinajstić information content (AvgIpc) is 2.75. The van der Waals surface area contributed by atoms with Crippen LogP contribution < -0.4 is 0 Å². The first kappa shape index (κ1) is 11.6. The third-order valence-electron chi connectivity index (χ3n) is 2.22. The van der Waals surface area contributed by atoms with E-state index in [1.807, 2.05) is 24.4 Å². The molecule has 4 heteroatoms. The molecular weight excluding hydrogens is 240 g/mol. The second-order valence-corrected chi connectivity index (χ2v) is 4.84. The van der Waals surface area contributed by atoms with Gasteiger partial charge in [0.2, 0.25) is 0 Å². The Morgan fingerprint density at radius 2 is 2.19 bits per heavy atom. The molecule has 2 heterocycles. The van der Waals surface area contributed by atoms with E-state index in [0.717, 1.165) is 35.7 Å². The molecule has 2 nitrogen and oxygen atoms in total. The van der Waals surface area contributed by atoms with Gasteiger partial charge in [-0.1, -0.05) is 6.07 Å². The van der Waals surface area contributed by atoms with Gasteiger partial charge in [0.05, 0.1) is 10.7 Å². The van der Waals surface area contributed by atoms with Crippen LogP contribution in [0, 0.1) is 0 Å². The maximum atomic E-state index is 5.65. The monoisotopic (exact) mass is 252 g/mol. The molecule has 0 aliphatic carbocycles. The lowest BCUT2D eigenvalue weighted by atomic mass is 10.2. The molecule has 0 aliphatic rings. The lowest BCUT2D eigenvalue weighted by Crippen LogP contribution is -1.92. The third-order valence-corrected chi connectivity index (χ3v) is 3.39. The number of thiazole rings is 1. The highest BCUT2D eigenvalue weighted by atomic mass is 35.5. The number of pyridine rings is 1. The molecule has 0 amide bonds. The van der Waals surface area contributed by atoms with Gasteiger partial charge in [-0.3, -0.25) is 4.98 Å². The van der Waals surface area contributed by atoms with Gasteiger partial charge in [0.25, 0.3) is 0 Å². The molecule has 2 rings (SSSR count). The number of hydrogen-bond donors (Lipinski definition) is 0. The van der Waals surface area contributed by atoms with Crippen molar-refractivity contribution in [2.45, 2.75) is 19.3 Å². The highest BCUT2D eigenvalue weighted by Crippen LogP contribution is 2.14. The summed E-state index contributed by atoms with van der Waals surface area (Å²) in [6.45, 7) is 0. The molecule has 16 heavy (non-hydrogen) atoms. The predicted molar refractivity (Wildman–Crippen MR) is 68.2 cm³/mol. The van der Waals surface area contributed by atoms with Crippen molar-refractivity contribution in [1.82, 2.24) is 9.97 Å². The Bertz CT molecular complexity index is 428. The van der Waals surface area contributed by atoms with Crippen molar-refractivity contribution in [3.05, 3.63) is 46.2 Å². The van der Waals surface area contributed by atoms with E-state index >= 15 is 0 Å². The van der Waals surface area contributed by atoms with Gasteiger partial charge in [-0.2, -0.15) is 0 Å². The Morgan fingerprint density at radius 1 is 1.25 bits per heavy atom. The topological polar surface area (TPSA) is 25.8 Å². The maximum Gasteiger partial charge on any atom is 0.0988 e. The normalized spacial score (nSPS) is 10.6. The van der Waals surface area contributed by atoms with Crippen molar-refractivity contribution >= 4 is 22.9 Å². The van der Waals surface area contributed by atoms with Crippen molar-refractivity contribution in [2.75, 3.05) is 5.88 Å². The minimum Gasteiger partial charge on any atom is -0.261 e. The Kier molecular flexibility index (Phi) is 4.31. The molecule has 2 aromatic rings. The number of rotatable bonds is 5. The van der Waals surface area contributed by atoms with E-state index in [2.05, 4.69) is 15.3 Å². The van der Waals surface area contributed by atoms with E-state index in [1.54, 1.807) is 11.3 Å². The van der Waals surface area contributed by atoms with Crippen LogP contribution >= 0.6 is 22.9 Å². The first-order valence-corrected chi connectivity index (χ1v) is 6.69. The summed E-state index contributed by atoms with van der Waals surface area (Å²) in [4.78, 5) is 8.85.